The first-order valence-corrected chi connectivity index (χ1v) is 4.25. The summed E-state index contributed by atoms with van der Waals surface area (Å²) in [5.74, 6) is 0. The Morgan fingerprint density at radius 2 is 1.31 bits per heavy atom. The Labute approximate surface area is 95.2 Å². The smallest absolute Gasteiger partial charge is 0.686 e. The van der Waals surface area contributed by atoms with Crippen LogP contribution in [0.2, 0.25) is 0 Å². The number of aryl methyl sites for hydroxylation is 2. The average Bonchev–Trinajstić information content (AvgIpc) is 2.02. The van der Waals surface area contributed by atoms with Crippen LogP contribution in [0.25, 0.3) is 5.32 Å². The predicted octanol–water partition coefficient (Wildman–Crippen LogP) is 3.55. The summed E-state index contributed by atoms with van der Waals surface area (Å²) >= 11 is 0. The van der Waals surface area contributed by atoms with E-state index in [1.807, 2.05) is 7.05 Å². The van der Waals surface area contributed by atoms with E-state index in [4.69, 9.17) is 0 Å². The summed E-state index contributed by atoms with van der Waals surface area (Å²) in [6.45, 7) is 8.53. The van der Waals surface area contributed by atoms with Gasteiger partial charge < -0.3 is 5.32 Å². The maximum absolute atomic E-state index is 4.29. The molecular formula is C11H16NW+. The fourth-order valence-corrected chi connectivity index (χ4v) is 1.53. The molecule has 0 heterocycles. The first kappa shape index (κ1) is 12.7. The van der Waals surface area contributed by atoms with Crippen LogP contribution in [0.5, 0.6) is 0 Å². The normalized spacial score (nSPS) is 9.31. The molecule has 0 radical (unpaired) electrons. The van der Waals surface area contributed by atoms with Crippen LogP contribution in [0.15, 0.2) is 6.07 Å². The molecule has 1 aromatic carbocycles. The Hall–Kier alpha value is -0.292. The van der Waals surface area contributed by atoms with E-state index in [2.05, 4.69) is 39.1 Å². The minimum absolute atomic E-state index is 0. The van der Waals surface area contributed by atoms with Crippen LogP contribution in [-0.4, -0.2) is 7.05 Å². The molecule has 0 fully saturated rings. The number of benzene rings is 1. The van der Waals surface area contributed by atoms with Crippen LogP contribution in [0.1, 0.15) is 22.3 Å². The van der Waals surface area contributed by atoms with E-state index < -0.39 is 0 Å². The molecule has 0 saturated carbocycles. The van der Waals surface area contributed by atoms with Gasteiger partial charge in [-0.15, -0.1) is 12.7 Å². The third kappa shape index (κ3) is 2.34. The van der Waals surface area contributed by atoms with Crippen LogP contribution in [0, 0.1) is 27.7 Å². The SMILES string of the molecule is C[N-]c1c(C)c(C)cc(C)c1C.[W+2]. The van der Waals surface area contributed by atoms with E-state index in [0.29, 0.717) is 0 Å². The summed E-state index contributed by atoms with van der Waals surface area (Å²) < 4.78 is 0. The average molecular weight is 346 g/mol. The van der Waals surface area contributed by atoms with E-state index in [1.54, 1.807) is 0 Å². The van der Waals surface area contributed by atoms with Gasteiger partial charge in [-0.1, -0.05) is 17.2 Å². The molecule has 0 aromatic heterocycles. The van der Waals surface area contributed by atoms with Gasteiger partial charge in [0.25, 0.3) is 0 Å². The van der Waals surface area contributed by atoms with E-state index >= 15 is 0 Å². The molecule has 2 heteroatoms. The summed E-state index contributed by atoms with van der Waals surface area (Å²) in [4.78, 5) is 0. The van der Waals surface area contributed by atoms with Crippen molar-refractivity contribution in [3.8, 4) is 0 Å². The van der Waals surface area contributed by atoms with Crippen molar-refractivity contribution in [3.05, 3.63) is 33.6 Å². The maximum atomic E-state index is 4.29. The van der Waals surface area contributed by atoms with E-state index in [9.17, 15) is 0 Å². The number of nitrogens with zero attached hydrogens (tertiary/aromatic N) is 1. The molecule has 0 aliphatic carbocycles. The van der Waals surface area contributed by atoms with Gasteiger partial charge in [0, 0.05) is 0 Å². The number of rotatable bonds is 1. The zero-order chi connectivity index (χ0) is 9.30. The van der Waals surface area contributed by atoms with Crippen molar-refractivity contribution in [2.75, 3.05) is 7.05 Å². The molecule has 0 unspecified atom stereocenters. The molecule has 0 spiro atoms. The first-order valence-electron chi connectivity index (χ1n) is 4.25. The van der Waals surface area contributed by atoms with E-state index in [-0.39, 0.29) is 21.1 Å². The van der Waals surface area contributed by atoms with Gasteiger partial charge in [-0.05, 0) is 38.8 Å². The molecule has 1 rings (SSSR count). The van der Waals surface area contributed by atoms with Crippen molar-refractivity contribution in [2.24, 2.45) is 0 Å². The van der Waals surface area contributed by atoms with Gasteiger partial charge in [0.2, 0.25) is 0 Å². The Kier molecular flexibility index (Phi) is 4.70. The molecular weight excluding hydrogens is 330 g/mol. The van der Waals surface area contributed by atoms with Gasteiger partial charge in [0.15, 0.2) is 0 Å². The van der Waals surface area contributed by atoms with Crippen molar-refractivity contribution in [2.45, 2.75) is 27.7 Å². The molecule has 1 aromatic rings. The summed E-state index contributed by atoms with van der Waals surface area (Å²) in [5, 5.41) is 4.29. The van der Waals surface area contributed by atoms with Crippen molar-refractivity contribution in [1.82, 2.24) is 0 Å². The van der Waals surface area contributed by atoms with Gasteiger partial charge in [0.05, 0.1) is 0 Å². The van der Waals surface area contributed by atoms with Gasteiger partial charge in [-0.25, -0.2) is 0 Å². The van der Waals surface area contributed by atoms with Crippen LogP contribution in [0.4, 0.5) is 5.69 Å². The molecule has 1 nitrogen and oxygen atoms in total. The van der Waals surface area contributed by atoms with Crippen molar-refractivity contribution < 1.29 is 21.1 Å². The zero-order valence-electron chi connectivity index (χ0n) is 8.93. The second-order valence-electron chi connectivity index (χ2n) is 3.33. The van der Waals surface area contributed by atoms with Crippen molar-refractivity contribution in [3.63, 3.8) is 0 Å². The van der Waals surface area contributed by atoms with Crippen molar-refractivity contribution >= 4 is 5.69 Å². The molecule has 0 aliphatic rings. The minimum Gasteiger partial charge on any atom is -0.686 e. The summed E-state index contributed by atoms with van der Waals surface area (Å²) in [7, 11) is 1.86. The Morgan fingerprint density at radius 1 is 0.923 bits per heavy atom. The third-order valence-electron chi connectivity index (χ3n) is 2.55. The molecule has 70 valence electrons. The Bertz CT molecular complexity index is 279. The Balaban J connectivity index is 0.00000144. The molecule has 0 N–H and O–H groups in total. The molecule has 0 bridgehead atoms. The second-order valence-corrected chi connectivity index (χ2v) is 3.33. The maximum Gasteiger partial charge on any atom is 2.00 e. The fraction of sp³-hybridized carbons (Fsp3) is 0.455. The monoisotopic (exact) mass is 346 g/mol. The number of hydrogen-bond donors (Lipinski definition) is 0. The quantitative estimate of drug-likeness (QED) is 0.739. The zero-order valence-corrected chi connectivity index (χ0v) is 11.9. The van der Waals surface area contributed by atoms with Gasteiger partial charge in [0.1, 0.15) is 0 Å². The van der Waals surface area contributed by atoms with E-state index in [1.165, 1.54) is 22.3 Å². The topological polar surface area (TPSA) is 14.1 Å². The fourth-order valence-electron chi connectivity index (χ4n) is 1.53. The third-order valence-corrected chi connectivity index (χ3v) is 2.55. The second kappa shape index (κ2) is 4.81. The van der Waals surface area contributed by atoms with Gasteiger partial charge in [-0.3, -0.25) is 0 Å². The van der Waals surface area contributed by atoms with Crippen LogP contribution in [0.3, 0.4) is 0 Å². The Morgan fingerprint density at radius 3 is 1.62 bits per heavy atom. The molecule has 0 aliphatic heterocycles. The van der Waals surface area contributed by atoms with Crippen LogP contribution >= 0.6 is 0 Å². The van der Waals surface area contributed by atoms with E-state index in [0.717, 1.165) is 5.69 Å². The minimum atomic E-state index is 0. The van der Waals surface area contributed by atoms with Crippen molar-refractivity contribution in [1.29, 1.82) is 0 Å². The molecule has 0 atom stereocenters. The summed E-state index contributed by atoms with van der Waals surface area (Å²) in [5.41, 5.74) is 6.44. The molecule has 0 saturated heterocycles. The molecule has 0 amide bonds. The predicted molar refractivity (Wildman–Crippen MR) is 54.3 cm³/mol. The summed E-state index contributed by atoms with van der Waals surface area (Å²) in [6.07, 6.45) is 0. The largest absolute Gasteiger partial charge is 2.00 e. The standard InChI is InChI=1S/C11H16N.W/c1-7-6-8(2)10(4)11(12-5)9(7)3;/h6H,1-5H3;/q-1;+2. The first-order chi connectivity index (χ1) is 5.57. The van der Waals surface area contributed by atoms with Gasteiger partial charge >= 0.3 is 21.1 Å². The molecule has 13 heavy (non-hydrogen) atoms. The summed E-state index contributed by atoms with van der Waals surface area (Å²) in [6, 6.07) is 2.22. The van der Waals surface area contributed by atoms with Crippen LogP contribution < -0.4 is 0 Å². The van der Waals surface area contributed by atoms with Gasteiger partial charge in [-0.2, -0.15) is 0 Å². The number of hydrogen-bond acceptors (Lipinski definition) is 0. The van der Waals surface area contributed by atoms with Crippen LogP contribution in [-0.2, 0) is 21.1 Å².